The first-order valence-electron chi connectivity index (χ1n) is 27.8. The molecule has 376 valence electrons. The second-order valence-electron chi connectivity index (χ2n) is 18.5. The van der Waals surface area contributed by atoms with Crippen LogP contribution >= 0.6 is 0 Å². The number of ether oxygens (including phenoxy) is 3. The molecule has 1 unspecified atom stereocenters. The molecule has 1 atom stereocenters. The van der Waals surface area contributed by atoms with Gasteiger partial charge in [0.15, 0.2) is 6.10 Å². The smallest absolute Gasteiger partial charge is 0.306 e. The number of esters is 3. The highest BCUT2D eigenvalue weighted by Gasteiger charge is 2.19. The van der Waals surface area contributed by atoms with Crippen molar-refractivity contribution in [2.45, 2.75) is 284 Å². The first-order valence-corrected chi connectivity index (χ1v) is 27.8. The summed E-state index contributed by atoms with van der Waals surface area (Å²) in [6, 6.07) is 0. The minimum Gasteiger partial charge on any atom is -0.462 e. The number of allylic oxidation sites excluding steroid dienone is 10. The van der Waals surface area contributed by atoms with Gasteiger partial charge >= 0.3 is 17.9 Å². The lowest BCUT2D eigenvalue weighted by Crippen LogP contribution is -2.30. The molecule has 0 rings (SSSR count). The van der Waals surface area contributed by atoms with Crippen LogP contribution in [0.25, 0.3) is 0 Å². The summed E-state index contributed by atoms with van der Waals surface area (Å²) in [5.41, 5.74) is 0. The van der Waals surface area contributed by atoms with E-state index in [1.54, 1.807) is 0 Å². The Kier molecular flexibility index (Phi) is 51.3. The molecule has 0 aliphatic carbocycles. The Morgan fingerprint density at radius 3 is 0.923 bits per heavy atom. The van der Waals surface area contributed by atoms with Crippen LogP contribution in [0.1, 0.15) is 278 Å². The molecule has 0 amide bonds. The second-order valence-corrected chi connectivity index (χ2v) is 18.5. The molecule has 0 bridgehead atoms. The van der Waals surface area contributed by atoms with Crippen LogP contribution in [-0.2, 0) is 28.6 Å². The number of hydrogen-bond donors (Lipinski definition) is 0. The predicted molar refractivity (Wildman–Crippen MR) is 279 cm³/mol. The third kappa shape index (κ3) is 51.9. The summed E-state index contributed by atoms with van der Waals surface area (Å²) < 4.78 is 16.7. The van der Waals surface area contributed by atoms with Crippen LogP contribution in [-0.4, -0.2) is 37.2 Å². The van der Waals surface area contributed by atoms with Crippen LogP contribution in [0, 0.1) is 0 Å². The van der Waals surface area contributed by atoms with Crippen molar-refractivity contribution in [1.82, 2.24) is 0 Å². The van der Waals surface area contributed by atoms with Gasteiger partial charge in [-0.05, 0) is 57.8 Å². The van der Waals surface area contributed by atoms with Crippen LogP contribution in [0.15, 0.2) is 60.8 Å². The number of hydrogen-bond acceptors (Lipinski definition) is 6. The molecule has 0 heterocycles. The monoisotopic (exact) mass is 909 g/mol. The van der Waals surface area contributed by atoms with Crippen LogP contribution in [0.5, 0.6) is 0 Å². The highest BCUT2D eigenvalue weighted by molar-refractivity contribution is 5.71. The molecule has 0 aliphatic heterocycles. The van der Waals surface area contributed by atoms with Gasteiger partial charge in [0.1, 0.15) is 13.2 Å². The van der Waals surface area contributed by atoms with E-state index in [1.807, 2.05) is 0 Å². The third-order valence-corrected chi connectivity index (χ3v) is 12.0. The van der Waals surface area contributed by atoms with Crippen molar-refractivity contribution >= 4 is 17.9 Å². The molecule has 65 heavy (non-hydrogen) atoms. The van der Waals surface area contributed by atoms with Crippen molar-refractivity contribution < 1.29 is 28.6 Å². The fraction of sp³-hybridized carbons (Fsp3) is 0.780. The van der Waals surface area contributed by atoms with Crippen molar-refractivity contribution in [3.8, 4) is 0 Å². The van der Waals surface area contributed by atoms with Gasteiger partial charge in [0.25, 0.3) is 0 Å². The lowest BCUT2D eigenvalue weighted by molar-refractivity contribution is -0.167. The van der Waals surface area contributed by atoms with Gasteiger partial charge in [0.05, 0.1) is 0 Å². The van der Waals surface area contributed by atoms with Crippen LogP contribution in [0.3, 0.4) is 0 Å². The van der Waals surface area contributed by atoms with Gasteiger partial charge in [-0.25, -0.2) is 0 Å². The lowest BCUT2D eigenvalue weighted by Gasteiger charge is -2.18. The summed E-state index contributed by atoms with van der Waals surface area (Å²) in [5.74, 6) is -0.948. The summed E-state index contributed by atoms with van der Waals surface area (Å²) in [4.78, 5) is 37.9. The molecule has 0 aromatic carbocycles. The van der Waals surface area contributed by atoms with Crippen LogP contribution in [0.2, 0.25) is 0 Å². The standard InChI is InChI=1S/C59H104O6/c1-4-7-10-13-16-19-21-23-25-27-28-29-30-31-33-34-36-38-40-43-46-49-52-58(61)64-55-56(54-63-57(60)51-48-45-42-18-15-12-9-6-3)65-59(62)53-50-47-44-41-39-37-35-32-26-24-22-20-17-14-11-8-5-2/h8,11,17,20,24,26,35,37,41,44,56H,4-7,9-10,12-16,18-19,21-23,25,27-34,36,38-40,42-43,45-55H2,1-3H3/b11-8-,20-17-,26-24-,37-35-,44-41-. The van der Waals surface area contributed by atoms with Crippen molar-refractivity contribution in [3.63, 3.8) is 0 Å². The molecule has 0 spiro atoms. The Bertz CT molecular complexity index is 1180. The summed E-state index contributed by atoms with van der Waals surface area (Å²) >= 11 is 0. The Hall–Kier alpha value is -2.89. The van der Waals surface area contributed by atoms with Gasteiger partial charge in [0.2, 0.25) is 0 Å². The van der Waals surface area contributed by atoms with E-state index in [2.05, 4.69) is 81.5 Å². The summed E-state index contributed by atoms with van der Waals surface area (Å²) in [7, 11) is 0. The maximum Gasteiger partial charge on any atom is 0.306 e. The topological polar surface area (TPSA) is 78.9 Å². The molecule has 0 aromatic heterocycles. The third-order valence-electron chi connectivity index (χ3n) is 12.0. The molecule has 0 fully saturated rings. The zero-order valence-corrected chi connectivity index (χ0v) is 43.0. The minimum absolute atomic E-state index is 0.0936. The Labute approximate surface area is 402 Å². The zero-order chi connectivity index (χ0) is 47.2. The second kappa shape index (κ2) is 53.7. The summed E-state index contributed by atoms with van der Waals surface area (Å²) in [5, 5.41) is 0. The molecule has 0 aromatic rings. The van der Waals surface area contributed by atoms with E-state index in [9.17, 15) is 14.4 Å². The highest BCUT2D eigenvalue weighted by atomic mass is 16.6. The zero-order valence-electron chi connectivity index (χ0n) is 43.0. The number of rotatable bonds is 50. The Balaban J connectivity index is 4.27. The van der Waals surface area contributed by atoms with Gasteiger partial charge in [-0.1, -0.05) is 261 Å². The van der Waals surface area contributed by atoms with Gasteiger partial charge in [-0.3, -0.25) is 14.4 Å². The fourth-order valence-corrected chi connectivity index (χ4v) is 7.89. The number of unbranched alkanes of at least 4 members (excludes halogenated alkanes) is 29. The molecule has 6 nitrogen and oxygen atoms in total. The Morgan fingerprint density at radius 1 is 0.323 bits per heavy atom. The molecule has 0 aliphatic rings. The SMILES string of the molecule is CC/C=C\C/C=C\C/C=C\C/C=C\C/C=C\CCCC(=O)OC(COC(=O)CCCCCCCCCC)COC(=O)CCCCCCCCCCCCCCCCCCCCCCCC. The van der Waals surface area contributed by atoms with Crippen molar-refractivity contribution in [2.24, 2.45) is 0 Å². The average Bonchev–Trinajstić information content (AvgIpc) is 3.30. The normalized spacial score (nSPS) is 12.5. The maximum absolute atomic E-state index is 12.8. The van der Waals surface area contributed by atoms with Gasteiger partial charge in [-0.15, -0.1) is 0 Å². The highest BCUT2D eigenvalue weighted by Crippen LogP contribution is 2.16. The van der Waals surface area contributed by atoms with Crippen LogP contribution in [0.4, 0.5) is 0 Å². The molecule has 0 N–H and O–H groups in total. The van der Waals surface area contributed by atoms with E-state index in [1.165, 1.54) is 154 Å². The largest absolute Gasteiger partial charge is 0.462 e. The molecule has 0 saturated heterocycles. The molecule has 0 radical (unpaired) electrons. The minimum atomic E-state index is -0.799. The van der Waals surface area contributed by atoms with Gasteiger partial charge < -0.3 is 14.2 Å². The van der Waals surface area contributed by atoms with E-state index < -0.39 is 6.10 Å². The number of carbonyl (C=O) groups is 3. The van der Waals surface area contributed by atoms with Crippen molar-refractivity contribution in [3.05, 3.63) is 60.8 Å². The average molecular weight is 909 g/mol. The predicted octanol–water partition coefficient (Wildman–Crippen LogP) is 18.4. The van der Waals surface area contributed by atoms with Crippen LogP contribution < -0.4 is 0 Å². The molecule has 0 saturated carbocycles. The van der Waals surface area contributed by atoms with Crippen molar-refractivity contribution in [1.29, 1.82) is 0 Å². The summed E-state index contributed by atoms with van der Waals surface area (Å²) in [6.07, 6.45) is 66.7. The van der Waals surface area contributed by atoms with E-state index in [4.69, 9.17) is 14.2 Å². The lowest BCUT2D eigenvalue weighted by atomic mass is 10.0. The molecular weight excluding hydrogens is 805 g/mol. The maximum atomic E-state index is 12.8. The van der Waals surface area contributed by atoms with Gasteiger partial charge in [-0.2, -0.15) is 0 Å². The van der Waals surface area contributed by atoms with E-state index >= 15 is 0 Å². The Morgan fingerprint density at radius 2 is 0.600 bits per heavy atom. The van der Waals surface area contributed by atoms with E-state index in [-0.39, 0.29) is 37.5 Å². The fourth-order valence-electron chi connectivity index (χ4n) is 7.89. The van der Waals surface area contributed by atoms with Gasteiger partial charge in [0, 0.05) is 19.3 Å². The summed E-state index contributed by atoms with van der Waals surface area (Å²) in [6.45, 7) is 6.47. The molecule has 6 heteroatoms. The quantitative estimate of drug-likeness (QED) is 0.0262. The number of carbonyl (C=O) groups excluding carboxylic acids is 3. The first kappa shape index (κ1) is 62.1. The van der Waals surface area contributed by atoms with Crippen molar-refractivity contribution in [2.75, 3.05) is 13.2 Å². The first-order chi connectivity index (χ1) is 32.0. The van der Waals surface area contributed by atoms with E-state index in [0.717, 1.165) is 77.0 Å². The van der Waals surface area contributed by atoms with E-state index in [0.29, 0.717) is 19.3 Å². The molecular formula is C59H104O6.